The van der Waals surface area contributed by atoms with Crippen LogP contribution in [0.5, 0.6) is 0 Å². The predicted octanol–water partition coefficient (Wildman–Crippen LogP) is 1.73. The van der Waals surface area contributed by atoms with Gasteiger partial charge in [0.1, 0.15) is 5.82 Å². The summed E-state index contributed by atoms with van der Waals surface area (Å²) in [5.74, 6) is 1.15. The van der Waals surface area contributed by atoms with Crippen LogP contribution in [-0.2, 0) is 12.8 Å². The standard InChI is InChI=1S/C13H22N4S/c1-4-17(5-2)12-10-6-8-14-9-7-11(10)15-13(16-12)18-3/h14H,4-9H2,1-3H3. The molecule has 0 radical (unpaired) electrons. The van der Waals surface area contributed by atoms with Crippen molar-refractivity contribution in [1.82, 2.24) is 15.3 Å². The van der Waals surface area contributed by atoms with Crippen LogP contribution in [0.1, 0.15) is 25.1 Å². The molecule has 0 fully saturated rings. The molecule has 5 heteroatoms. The Hall–Kier alpha value is -0.810. The molecule has 0 unspecified atom stereocenters. The molecule has 0 amide bonds. The van der Waals surface area contributed by atoms with Gasteiger partial charge in [-0.2, -0.15) is 0 Å². The average Bonchev–Trinajstić information content (AvgIpc) is 2.64. The summed E-state index contributed by atoms with van der Waals surface area (Å²) in [6.07, 6.45) is 4.10. The summed E-state index contributed by atoms with van der Waals surface area (Å²) in [5.41, 5.74) is 2.59. The molecule has 0 bridgehead atoms. The maximum absolute atomic E-state index is 4.74. The van der Waals surface area contributed by atoms with Crippen LogP contribution in [0.2, 0.25) is 0 Å². The van der Waals surface area contributed by atoms with Gasteiger partial charge in [0, 0.05) is 31.6 Å². The zero-order valence-electron chi connectivity index (χ0n) is 11.5. The SMILES string of the molecule is CCN(CC)c1nc(SC)nc2c1CCNCC2. The Bertz CT molecular complexity index is 404. The number of thioether (sulfide) groups is 1. The summed E-state index contributed by atoms with van der Waals surface area (Å²) in [6.45, 7) is 8.43. The van der Waals surface area contributed by atoms with Gasteiger partial charge in [-0.15, -0.1) is 0 Å². The van der Waals surface area contributed by atoms with Crippen LogP contribution >= 0.6 is 11.8 Å². The molecular weight excluding hydrogens is 244 g/mol. The van der Waals surface area contributed by atoms with Crippen LogP contribution in [0.25, 0.3) is 0 Å². The molecule has 0 aliphatic carbocycles. The molecule has 0 saturated heterocycles. The number of nitrogens with one attached hydrogen (secondary N) is 1. The van der Waals surface area contributed by atoms with E-state index in [1.165, 1.54) is 11.3 Å². The Kier molecular flexibility index (Phi) is 4.83. The first-order chi connectivity index (χ1) is 8.80. The van der Waals surface area contributed by atoms with E-state index in [4.69, 9.17) is 4.98 Å². The quantitative estimate of drug-likeness (QED) is 0.664. The van der Waals surface area contributed by atoms with Gasteiger partial charge in [0.2, 0.25) is 0 Å². The van der Waals surface area contributed by atoms with Crippen LogP contribution in [0, 0.1) is 0 Å². The highest BCUT2D eigenvalue weighted by atomic mass is 32.2. The highest BCUT2D eigenvalue weighted by Gasteiger charge is 2.19. The topological polar surface area (TPSA) is 41.1 Å². The van der Waals surface area contributed by atoms with Crippen molar-refractivity contribution >= 4 is 17.6 Å². The van der Waals surface area contributed by atoms with Crippen molar-refractivity contribution < 1.29 is 0 Å². The lowest BCUT2D eigenvalue weighted by atomic mass is 10.1. The van der Waals surface area contributed by atoms with Gasteiger partial charge in [-0.25, -0.2) is 9.97 Å². The van der Waals surface area contributed by atoms with Crippen LogP contribution in [-0.4, -0.2) is 42.4 Å². The van der Waals surface area contributed by atoms with Crippen molar-refractivity contribution in [3.63, 3.8) is 0 Å². The highest BCUT2D eigenvalue weighted by molar-refractivity contribution is 7.98. The summed E-state index contributed by atoms with van der Waals surface area (Å²) < 4.78 is 0. The van der Waals surface area contributed by atoms with Gasteiger partial charge in [0.05, 0.1) is 5.69 Å². The number of fused-ring (bicyclic) bond motifs is 1. The third-order valence-corrected chi connectivity index (χ3v) is 3.93. The lowest BCUT2D eigenvalue weighted by Crippen LogP contribution is -2.26. The molecule has 1 aromatic heterocycles. The number of nitrogens with zero attached hydrogens (tertiary/aromatic N) is 3. The number of anilines is 1. The second-order valence-corrected chi connectivity index (χ2v) is 5.15. The number of hydrogen-bond acceptors (Lipinski definition) is 5. The van der Waals surface area contributed by atoms with Gasteiger partial charge in [0.15, 0.2) is 5.16 Å². The lowest BCUT2D eigenvalue weighted by molar-refractivity contribution is 0.707. The summed E-state index contributed by atoms with van der Waals surface area (Å²) in [5, 5.41) is 4.34. The molecule has 18 heavy (non-hydrogen) atoms. The summed E-state index contributed by atoms with van der Waals surface area (Å²) in [6, 6.07) is 0. The Morgan fingerprint density at radius 3 is 2.56 bits per heavy atom. The van der Waals surface area contributed by atoms with Crippen LogP contribution in [0.15, 0.2) is 5.16 Å². The maximum Gasteiger partial charge on any atom is 0.189 e. The van der Waals surface area contributed by atoms with E-state index in [2.05, 4.69) is 29.0 Å². The first-order valence-corrected chi connectivity index (χ1v) is 7.92. The molecule has 100 valence electrons. The van der Waals surface area contributed by atoms with Crippen molar-refractivity contribution in [3.8, 4) is 0 Å². The predicted molar refractivity (Wildman–Crippen MR) is 77.7 cm³/mol. The number of hydrogen-bond donors (Lipinski definition) is 1. The molecule has 0 aromatic carbocycles. The van der Waals surface area contributed by atoms with Gasteiger partial charge in [-0.3, -0.25) is 0 Å². The lowest BCUT2D eigenvalue weighted by Gasteiger charge is -2.24. The monoisotopic (exact) mass is 266 g/mol. The second kappa shape index (κ2) is 6.38. The zero-order valence-corrected chi connectivity index (χ0v) is 12.3. The summed E-state index contributed by atoms with van der Waals surface area (Å²) in [4.78, 5) is 11.8. The summed E-state index contributed by atoms with van der Waals surface area (Å²) in [7, 11) is 0. The van der Waals surface area contributed by atoms with Crippen molar-refractivity contribution in [2.24, 2.45) is 0 Å². The van der Waals surface area contributed by atoms with E-state index in [1.54, 1.807) is 11.8 Å². The average molecular weight is 266 g/mol. The van der Waals surface area contributed by atoms with E-state index in [9.17, 15) is 0 Å². The van der Waals surface area contributed by atoms with Gasteiger partial charge in [0.25, 0.3) is 0 Å². The molecule has 1 N–H and O–H groups in total. The molecule has 2 heterocycles. The molecule has 0 spiro atoms. The fourth-order valence-corrected chi connectivity index (χ4v) is 2.76. The van der Waals surface area contributed by atoms with Gasteiger partial charge < -0.3 is 10.2 Å². The van der Waals surface area contributed by atoms with Crippen LogP contribution in [0.3, 0.4) is 0 Å². The van der Waals surface area contributed by atoms with E-state index in [0.29, 0.717) is 0 Å². The van der Waals surface area contributed by atoms with E-state index in [1.807, 2.05) is 6.26 Å². The first-order valence-electron chi connectivity index (χ1n) is 6.69. The Balaban J connectivity index is 2.47. The largest absolute Gasteiger partial charge is 0.357 e. The van der Waals surface area contributed by atoms with E-state index in [-0.39, 0.29) is 0 Å². The molecule has 0 atom stereocenters. The molecule has 4 nitrogen and oxygen atoms in total. The van der Waals surface area contributed by atoms with Crippen LogP contribution in [0.4, 0.5) is 5.82 Å². The molecule has 1 aromatic rings. The Labute approximate surface area is 114 Å². The van der Waals surface area contributed by atoms with Gasteiger partial charge in [-0.05, 0) is 33.1 Å². The van der Waals surface area contributed by atoms with Gasteiger partial charge >= 0.3 is 0 Å². The second-order valence-electron chi connectivity index (χ2n) is 4.38. The van der Waals surface area contributed by atoms with E-state index < -0.39 is 0 Å². The fourth-order valence-electron chi connectivity index (χ4n) is 2.38. The third kappa shape index (κ3) is 2.78. The molecule has 0 saturated carbocycles. The maximum atomic E-state index is 4.74. The highest BCUT2D eigenvalue weighted by Crippen LogP contribution is 2.25. The summed E-state index contributed by atoms with van der Waals surface area (Å²) >= 11 is 1.63. The Morgan fingerprint density at radius 2 is 1.89 bits per heavy atom. The number of rotatable bonds is 4. The van der Waals surface area contributed by atoms with E-state index >= 15 is 0 Å². The normalized spacial score (nSPS) is 15.1. The fraction of sp³-hybridized carbons (Fsp3) is 0.692. The van der Waals surface area contributed by atoms with Gasteiger partial charge in [-0.1, -0.05) is 11.8 Å². The molecule has 2 rings (SSSR count). The smallest absolute Gasteiger partial charge is 0.189 e. The zero-order chi connectivity index (χ0) is 13.0. The number of aromatic nitrogens is 2. The Morgan fingerprint density at radius 1 is 1.17 bits per heavy atom. The molecule has 1 aliphatic heterocycles. The minimum Gasteiger partial charge on any atom is -0.357 e. The minimum atomic E-state index is 0.901. The minimum absolute atomic E-state index is 0.901. The van der Waals surface area contributed by atoms with Crippen LogP contribution < -0.4 is 10.2 Å². The van der Waals surface area contributed by atoms with Crippen molar-refractivity contribution in [2.75, 3.05) is 37.3 Å². The molecule has 1 aliphatic rings. The van der Waals surface area contributed by atoms with E-state index in [0.717, 1.165) is 50.0 Å². The molecular formula is C13H22N4S. The third-order valence-electron chi connectivity index (χ3n) is 3.39. The first kappa shape index (κ1) is 13.6. The van der Waals surface area contributed by atoms with Crippen molar-refractivity contribution in [1.29, 1.82) is 0 Å². The van der Waals surface area contributed by atoms with Crippen molar-refractivity contribution in [3.05, 3.63) is 11.3 Å². The van der Waals surface area contributed by atoms with Crippen molar-refractivity contribution in [2.45, 2.75) is 31.8 Å².